The molecule has 3 aromatic carbocycles. The van der Waals surface area contributed by atoms with Crippen molar-refractivity contribution < 1.29 is 14.3 Å². The third-order valence-electron chi connectivity index (χ3n) is 5.16. The summed E-state index contributed by atoms with van der Waals surface area (Å²) in [6.45, 7) is 4.15. The van der Waals surface area contributed by atoms with Crippen LogP contribution in [-0.4, -0.2) is 25.2 Å². The van der Waals surface area contributed by atoms with Crippen LogP contribution in [0.15, 0.2) is 85.5 Å². The molecule has 1 aliphatic carbocycles. The number of anilines is 1. The molecule has 0 radical (unpaired) electrons. The van der Waals surface area contributed by atoms with Gasteiger partial charge >= 0.3 is 6.09 Å². The minimum absolute atomic E-state index is 0.0192. The number of carbonyl (C=O) groups excluding carboxylic acids is 2. The molecule has 2 N–H and O–H groups in total. The van der Waals surface area contributed by atoms with E-state index in [-0.39, 0.29) is 18.4 Å². The Morgan fingerprint density at radius 2 is 1.50 bits per heavy atom. The molecule has 5 heteroatoms. The summed E-state index contributed by atoms with van der Waals surface area (Å²) in [4.78, 5) is 24.8. The molecule has 0 unspecified atom stereocenters. The molecule has 5 nitrogen and oxygen atoms in total. The van der Waals surface area contributed by atoms with Gasteiger partial charge < -0.3 is 10.1 Å². The molecule has 0 fully saturated rings. The van der Waals surface area contributed by atoms with Gasteiger partial charge in [0.2, 0.25) is 0 Å². The fraction of sp³-hybridized carbons (Fsp3) is 0.120. The van der Waals surface area contributed by atoms with Gasteiger partial charge in [0, 0.05) is 12.5 Å². The SMILES string of the molecule is C=CCNC(=O)c1ccccc1NC(=O)OCC1c2ccccc2-c2ccccc21. The van der Waals surface area contributed by atoms with Crippen LogP contribution in [-0.2, 0) is 4.74 Å². The lowest BCUT2D eigenvalue weighted by Gasteiger charge is -2.15. The molecule has 0 saturated carbocycles. The minimum atomic E-state index is -0.596. The molecular formula is C25H22N2O3. The van der Waals surface area contributed by atoms with Gasteiger partial charge in [0.15, 0.2) is 0 Å². The molecule has 1 aliphatic rings. The Morgan fingerprint density at radius 3 is 2.17 bits per heavy atom. The molecule has 3 aromatic rings. The van der Waals surface area contributed by atoms with E-state index in [0.29, 0.717) is 17.8 Å². The number of ether oxygens (including phenoxy) is 1. The molecule has 0 atom stereocenters. The summed E-state index contributed by atoms with van der Waals surface area (Å²) >= 11 is 0. The van der Waals surface area contributed by atoms with Crippen molar-refractivity contribution in [1.82, 2.24) is 5.32 Å². The Morgan fingerprint density at radius 1 is 0.900 bits per heavy atom. The summed E-state index contributed by atoms with van der Waals surface area (Å²) in [6.07, 6.45) is 1.00. The number of amides is 2. The zero-order valence-electron chi connectivity index (χ0n) is 16.4. The van der Waals surface area contributed by atoms with Crippen LogP contribution in [0, 0.1) is 0 Å². The quantitative estimate of drug-likeness (QED) is 0.577. The van der Waals surface area contributed by atoms with Crippen LogP contribution in [0.3, 0.4) is 0 Å². The van der Waals surface area contributed by atoms with Crippen molar-refractivity contribution in [3.05, 3.63) is 102 Å². The van der Waals surface area contributed by atoms with E-state index in [1.807, 2.05) is 24.3 Å². The lowest BCUT2D eigenvalue weighted by Crippen LogP contribution is -2.25. The Balaban J connectivity index is 1.47. The van der Waals surface area contributed by atoms with Crippen molar-refractivity contribution in [2.24, 2.45) is 0 Å². The highest BCUT2D eigenvalue weighted by Gasteiger charge is 2.29. The van der Waals surface area contributed by atoms with Crippen LogP contribution < -0.4 is 10.6 Å². The van der Waals surface area contributed by atoms with Crippen molar-refractivity contribution in [2.75, 3.05) is 18.5 Å². The highest BCUT2D eigenvalue weighted by molar-refractivity contribution is 6.02. The number of carbonyl (C=O) groups is 2. The number of para-hydroxylation sites is 1. The first-order valence-corrected chi connectivity index (χ1v) is 9.79. The number of nitrogens with one attached hydrogen (secondary N) is 2. The Labute approximate surface area is 175 Å². The number of hydrogen-bond acceptors (Lipinski definition) is 3. The van der Waals surface area contributed by atoms with Crippen molar-refractivity contribution in [3.8, 4) is 11.1 Å². The molecule has 2 amide bonds. The lowest BCUT2D eigenvalue weighted by atomic mass is 9.98. The van der Waals surface area contributed by atoms with Gasteiger partial charge in [-0.1, -0.05) is 66.7 Å². The molecule has 30 heavy (non-hydrogen) atoms. The summed E-state index contributed by atoms with van der Waals surface area (Å²) in [5.41, 5.74) is 5.41. The van der Waals surface area contributed by atoms with Gasteiger partial charge in [0.1, 0.15) is 6.61 Å². The predicted molar refractivity (Wildman–Crippen MR) is 118 cm³/mol. The molecule has 0 spiro atoms. The zero-order chi connectivity index (χ0) is 20.9. The molecular weight excluding hydrogens is 376 g/mol. The van der Waals surface area contributed by atoms with E-state index in [2.05, 4.69) is 41.5 Å². The molecule has 0 aromatic heterocycles. The molecule has 150 valence electrons. The van der Waals surface area contributed by atoms with Crippen molar-refractivity contribution >= 4 is 17.7 Å². The van der Waals surface area contributed by atoms with E-state index in [1.54, 1.807) is 30.3 Å². The summed E-state index contributed by atoms with van der Waals surface area (Å²) in [7, 11) is 0. The molecule has 0 bridgehead atoms. The summed E-state index contributed by atoms with van der Waals surface area (Å²) in [5, 5.41) is 5.40. The number of hydrogen-bond donors (Lipinski definition) is 2. The first kappa shape index (κ1) is 19.5. The minimum Gasteiger partial charge on any atom is -0.448 e. The first-order valence-electron chi connectivity index (χ1n) is 9.79. The van der Waals surface area contributed by atoms with E-state index < -0.39 is 6.09 Å². The molecule has 0 saturated heterocycles. The third-order valence-corrected chi connectivity index (χ3v) is 5.16. The van der Waals surface area contributed by atoms with Crippen LogP contribution in [0.1, 0.15) is 27.4 Å². The van der Waals surface area contributed by atoms with Crippen molar-refractivity contribution in [1.29, 1.82) is 0 Å². The Bertz CT molecular complexity index is 1060. The van der Waals surface area contributed by atoms with Crippen LogP contribution in [0.4, 0.5) is 10.5 Å². The molecule has 0 aliphatic heterocycles. The van der Waals surface area contributed by atoms with Gasteiger partial charge in [-0.05, 0) is 34.4 Å². The Kier molecular flexibility index (Phi) is 5.61. The Hall–Kier alpha value is -3.86. The average Bonchev–Trinajstić information content (AvgIpc) is 3.10. The third kappa shape index (κ3) is 3.82. The van der Waals surface area contributed by atoms with Gasteiger partial charge in [-0.25, -0.2) is 4.79 Å². The van der Waals surface area contributed by atoms with E-state index in [4.69, 9.17) is 4.74 Å². The highest BCUT2D eigenvalue weighted by atomic mass is 16.5. The molecule has 0 heterocycles. The number of benzene rings is 3. The maximum atomic E-state index is 12.5. The average molecular weight is 398 g/mol. The summed E-state index contributed by atoms with van der Waals surface area (Å²) in [6, 6.07) is 23.2. The monoisotopic (exact) mass is 398 g/mol. The van der Waals surface area contributed by atoms with Gasteiger partial charge in [-0.2, -0.15) is 0 Å². The second kappa shape index (κ2) is 8.66. The molecule has 4 rings (SSSR count). The largest absolute Gasteiger partial charge is 0.448 e. The van der Waals surface area contributed by atoms with E-state index >= 15 is 0 Å². The van der Waals surface area contributed by atoms with E-state index in [0.717, 1.165) is 11.1 Å². The van der Waals surface area contributed by atoms with Crippen LogP contribution in [0.5, 0.6) is 0 Å². The maximum Gasteiger partial charge on any atom is 0.411 e. The van der Waals surface area contributed by atoms with Gasteiger partial charge in [0.05, 0.1) is 11.3 Å². The first-order chi connectivity index (χ1) is 14.7. The summed E-state index contributed by atoms with van der Waals surface area (Å²) in [5.74, 6) is -0.307. The predicted octanol–water partition coefficient (Wildman–Crippen LogP) is 4.96. The maximum absolute atomic E-state index is 12.5. The van der Waals surface area contributed by atoms with Crippen molar-refractivity contribution in [3.63, 3.8) is 0 Å². The van der Waals surface area contributed by atoms with Gasteiger partial charge in [-0.15, -0.1) is 6.58 Å². The van der Waals surface area contributed by atoms with E-state index in [1.165, 1.54) is 11.1 Å². The highest BCUT2D eigenvalue weighted by Crippen LogP contribution is 2.44. The standard InChI is InChI=1S/C25H22N2O3/c1-2-15-26-24(28)21-13-7-8-14-23(21)27-25(29)30-16-22-19-11-5-3-9-17(19)18-10-4-6-12-20(18)22/h2-14,22H,1,15-16H2,(H,26,28)(H,27,29). The van der Waals surface area contributed by atoms with Gasteiger partial charge in [0.25, 0.3) is 5.91 Å². The van der Waals surface area contributed by atoms with Crippen LogP contribution in [0.25, 0.3) is 11.1 Å². The normalized spacial score (nSPS) is 11.9. The number of fused-ring (bicyclic) bond motifs is 3. The zero-order valence-corrected chi connectivity index (χ0v) is 16.4. The fourth-order valence-electron chi connectivity index (χ4n) is 3.79. The number of rotatable bonds is 6. The summed E-state index contributed by atoms with van der Waals surface area (Å²) < 4.78 is 5.56. The van der Waals surface area contributed by atoms with Gasteiger partial charge in [-0.3, -0.25) is 10.1 Å². The van der Waals surface area contributed by atoms with Crippen molar-refractivity contribution in [2.45, 2.75) is 5.92 Å². The van der Waals surface area contributed by atoms with E-state index in [9.17, 15) is 9.59 Å². The van der Waals surface area contributed by atoms with Crippen LogP contribution >= 0.6 is 0 Å². The topological polar surface area (TPSA) is 67.4 Å². The lowest BCUT2D eigenvalue weighted by molar-refractivity contribution is 0.0959. The fourth-order valence-corrected chi connectivity index (χ4v) is 3.79. The van der Waals surface area contributed by atoms with Crippen LogP contribution in [0.2, 0.25) is 0 Å². The second-order valence-electron chi connectivity index (χ2n) is 6.99. The second-order valence-corrected chi connectivity index (χ2v) is 6.99. The smallest absolute Gasteiger partial charge is 0.411 e.